The van der Waals surface area contributed by atoms with E-state index in [9.17, 15) is 0 Å². The minimum absolute atomic E-state index is 0.869. The van der Waals surface area contributed by atoms with E-state index in [0.717, 1.165) is 77.5 Å². The van der Waals surface area contributed by atoms with Gasteiger partial charge in [-0.05, 0) is 64.7 Å². The molecule has 0 N–H and O–H groups in total. The second-order valence-corrected chi connectivity index (χ2v) is 10.7. The molecule has 4 aromatic heterocycles. The Morgan fingerprint density at radius 1 is 0.452 bits per heavy atom. The third kappa shape index (κ3) is 3.49. The molecule has 0 atom stereocenters. The number of nitrogens with zero attached hydrogens (tertiary/aromatic N) is 3. The number of imidazole rings is 1. The molecule has 0 unspecified atom stereocenters. The fraction of sp³-hybridized carbons (Fsp3) is 0. The molecule has 0 spiro atoms. The van der Waals surface area contributed by atoms with Crippen molar-refractivity contribution in [1.29, 1.82) is 0 Å². The zero-order valence-electron chi connectivity index (χ0n) is 22.5. The molecule has 0 bridgehead atoms. The number of furan rings is 1. The van der Waals surface area contributed by atoms with Crippen molar-refractivity contribution in [1.82, 2.24) is 14.4 Å². The average Bonchev–Trinajstić information content (AvgIpc) is 3.63. The van der Waals surface area contributed by atoms with Crippen molar-refractivity contribution in [2.24, 2.45) is 0 Å². The zero-order valence-corrected chi connectivity index (χ0v) is 22.5. The summed E-state index contributed by atoms with van der Waals surface area (Å²) in [5.74, 6) is 0. The molecule has 0 aliphatic carbocycles. The van der Waals surface area contributed by atoms with Crippen molar-refractivity contribution in [3.05, 3.63) is 140 Å². The molecule has 0 aliphatic heterocycles. The Bertz CT molecular complexity index is 2480. The zero-order chi connectivity index (χ0) is 27.6. The Kier molecular flexibility index (Phi) is 4.87. The largest absolute Gasteiger partial charge is 0.456 e. The van der Waals surface area contributed by atoms with E-state index in [0.29, 0.717) is 0 Å². The van der Waals surface area contributed by atoms with Gasteiger partial charge in [0.2, 0.25) is 0 Å². The quantitative estimate of drug-likeness (QED) is 0.225. The SMILES string of the molecule is c1cc(-c2cccc(-c3nc4c(nc5ccccn54)c4ccccc34)c2)cc(-c2ccc3oc4ccccc4c3c2)c1. The van der Waals surface area contributed by atoms with Gasteiger partial charge in [-0.15, -0.1) is 0 Å². The minimum atomic E-state index is 0.869. The minimum Gasteiger partial charge on any atom is -0.456 e. The van der Waals surface area contributed by atoms with Crippen molar-refractivity contribution in [2.45, 2.75) is 0 Å². The number of para-hydroxylation sites is 1. The monoisotopic (exact) mass is 537 g/mol. The van der Waals surface area contributed by atoms with Crippen LogP contribution in [-0.2, 0) is 0 Å². The number of benzene rings is 5. The third-order valence-corrected chi connectivity index (χ3v) is 8.20. The van der Waals surface area contributed by atoms with Crippen LogP contribution in [0.4, 0.5) is 0 Å². The standard InChI is InChI=1S/C38H23N3O/c1-2-15-31-30(14-1)36(40-38-37(31)39-35-17-5-6-20-41(35)38)28-12-8-11-26(22-28)24-9-7-10-25(21-24)27-18-19-34-32(23-27)29-13-3-4-16-33(29)42-34/h1-23H. The van der Waals surface area contributed by atoms with Crippen LogP contribution in [0.3, 0.4) is 0 Å². The number of hydrogen-bond donors (Lipinski definition) is 0. The first-order valence-electron chi connectivity index (χ1n) is 14.1. The maximum Gasteiger partial charge on any atom is 0.165 e. The van der Waals surface area contributed by atoms with Crippen LogP contribution in [0.15, 0.2) is 144 Å². The Morgan fingerprint density at radius 3 is 1.93 bits per heavy atom. The molecule has 4 heterocycles. The highest BCUT2D eigenvalue weighted by molar-refractivity contribution is 6.10. The summed E-state index contributed by atoms with van der Waals surface area (Å²) >= 11 is 0. The van der Waals surface area contributed by atoms with Crippen LogP contribution >= 0.6 is 0 Å². The Hall–Kier alpha value is -5.74. The molecule has 0 fully saturated rings. The first-order valence-corrected chi connectivity index (χ1v) is 14.1. The van der Waals surface area contributed by atoms with E-state index in [-0.39, 0.29) is 0 Å². The topological polar surface area (TPSA) is 43.3 Å². The van der Waals surface area contributed by atoms with Crippen LogP contribution in [0.5, 0.6) is 0 Å². The molecular weight excluding hydrogens is 514 g/mol. The first kappa shape index (κ1) is 23.0. The molecule has 0 aliphatic rings. The molecular formula is C38H23N3O. The van der Waals surface area contributed by atoms with Gasteiger partial charge in [0.1, 0.15) is 22.3 Å². The van der Waals surface area contributed by atoms with Crippen molar-refractivity contribution in [3.63, 3.8) is 0 Å². The van der Waals surface area contributed by atoms with Gasteiger partial charge >= 0.3 is 0 Å². The van der Waals surface area contributed by atoms with Gasteiger partial charge in [0, 0.05) is 33.3 Å². The lowest BCUT2D eigenvalue weighted by Crippen LogP contribution is -1.92. The van der Waals surface area contributed by atoms with E-state index in [1.165, 1.54) is 5.56 Å². The molecule has 196 valence electrons. The smallest absolute Gasteiger partial charge is 0.165 e. The van der Waals surface area contributed by atoms with Crippen LogP contribution in [0.25, 0.3) is 83.0 Å². The van der Waals surface area contributed by atoms with Crippen LogP contribution in [0.2, 0.25) is 0 Å². The summed E-state index contributed by atoms with van der Waals surface area (Å²) in [6, 6.07) is 46.6. The van der Waals surface area contributed by atoms with Gasteiger partial charge in [-0.1, -0.05) is 91.0 Å². The molecule has 0 amide bonds. The van der Waals surface area contributed by atoms with Gasteiger partial charge in [0.15, 0.2) is 5.65 Å². The van der Waals surface area contributed by atoms with Gasteiger partial charge in [-0.25, -0.2) is 9.97 Å². The Balaban J connectivity index is 1.18. The highest BCUT2D eigenvalue weighted by Gasteiger charge is 2.15. The molecule has 9 rings (SSSR count). The summed E-state index contributed by atoms with van der Waals surface area (Å²) in [7, 11) is 0. The van der Waals surface area contributed by atoms with Crippen molar-refractivity contribution in [2.75, 3.05) is 0 Å². The second kappa shape index (κ2) is 8.88. The fourth-order valence-electron chi connectivity index (χ4n) is 6.18. The molecule has 5 aromatic carbocycles. The third-order valence-electron chi connectivity index (χ3n) is 8.20. The van der Waals surface area contributed by atoms with Gasteiger partial charge in [-0.3, -0.25) is 4.40 Å². The maximum absolute atomic E-state index is 6.06. The van der Waals surface area contributed by atoms with Gasteiger partial charge < -0.3 is 4.42 Å². The van der Waals surface area contributed by atoms with E-state index >= 15 is 0 Å². The number of aromatic nitrogens is 3. The van der Waals surface area contributed by atoms with Crippen molar-refractivity contribution >= 4 is 49.5 Å². The van der Waals surface area contributed by atoms with E-state index in [1.807, 2.05) is 36.5 Å². The predicted molar refractivity (Wildman–Crippen MR) is 172 cm³/mol. The highest BCUT2D eigenvalue weighted by Crippen LogP contribution is 2.36. The molecule has 4 heteroatoms. The molecule has 4 nitrogen and oxygen atoms in total. The lowest BCUT2D eigenvalue weighted by molar-refractivity contribution is 0.669. The molecule has 0 saturated heterocycles. The van der Waals surface area contributed by atoms with Crippen molar-refractivity contribution < 1.29 is 4.42 Å². The molecule has 0 radical (unpaired) electrons. The predicted octanol–water partition coefficient (Wildman–Crippen LogP) is 9.94. The summed E-state index contributed by atoms with van der Waals surface area (Å²) in [5, 5.41) is 4.48. The maximum atomic E-state index is 6.06. The fourth-order valence-corrected chi connectivity index (χ4v) is 6.18. The lowest BCUT2D eigenvalue weighted by atomic mass is 9.95. The molecule has 42 heavy (non-hydrogen) atoms. The number of pyridine rings is 2. The summed E-state index contributed by atoms with van der Waals surface area (Å²) < 4.78 is 8.12. The highest BCUT2D eigenvalue weighted by atomic mass is 16.3. The van der Waals surface area contributed by atoms with Gasteiger partial charge in [-0.2, -0.15) is 0 Å². The Labute approximate surface area is 241 Å². The Morgan fingerprint density at radius 2 is 1.10 bits per heavy atom. The van der Waals surface area contributed by atoms with Crippen LogP contribution in [0, 0.1) is 0 Å². The molecule has 9 aromatic rings. The summed E-state index contributed by atoms with van der Waals surface area (Å²) in [6.45, 7) is 0. The van der Waals surface area contributed by atoms with Crippen LogP contribution < -0.4 is 0 Å². The van der Waals surface area contributed by atoms with Gasteiger partial charge in [0.05, 0.1) is 5.69 Å². The first-order chi connectivity index (χ1) is 20.8. The number of hydrogen-bond acceptors (Lipinski definition) is 3. The number of rotatable bonds is 3. The van der Waals surface area contributed by atoms with Gasteiger partial charge in [0.25, 0.3) is 0 Å². The molecule has 0 saturated carbocycles. The normalized spacial score (nSPS) is 11.8. The number of fused-ring (bicyclic) bond motifs is 8. The van der Waals surface area contributed by atoms with Crippen molar-refractivity contribution in [3.8, 4) is 33.5 Å². The van der Waals surface area contributed by atoms with Crippen LogP contribution in [-0.4, -0.2) is 14.4 Å². The van der Waals surface area contributed by atoms with E-state index < -0.39 is 0 Å². The van der Waals surface area contributed by atoms with E-state index in [2.05, 4.69) is 108 Å². The summed E-state index contributed by atoms with van der Waals surface area (Å²) in [4.78, 5) is 10.1. The van der Waals surface area contributed by atoms with E-state index in [1.54, 1.807) is 0 Å². The average molecular weight is 538 g/mol. The second-order valence-electron chi connectivity index (χ2n) is 10.7. The summed E-state index contributed by atoms with van der Waals surface area (Å²) in [5.41, 5.74) is 11.2. The lowest BCUT2D eigenvalue weighted by Gasteiger charge is -2.11. The summed E-state index contributed by atoms with van der Waals surface area (Å²) in [6.07, 6.45) is 2.03. The van der Waals surface area contributed by atoms with Crippen LogP contribution in [0.1, 0.15) is 0 Å². The van der Waals surface area contributed by atoms with E-state index in [4.69, 9.17) is 14.4 Å².